The van der Waals surface area contributed by atoms with Crippen molar-refractivity contribution in [2.45, 2.75) is 38.1 Å². The molecule has 1 rings (SSSR count). The van der Waals surface area contributed by atoms with Gasteiger partial charge in [-0.25, -0.2) is 15.1 Å². The number of amides is 2. The van der Waals surface area contributed by atoms with Gasteiger partial charge >= 0.3 is 12.0 Å². The molecular weight excluding hydrogens is 200 g/mol. The molecule has 1 saturated carbocycles. The van der Waals surface area contributed by atoms with Gasteiger partial charge in [0.15, 0.2) is 6.61 Å². The fourth-order valence-corrected chi connectivity index (χ4v) is 1.74. The van der Waals surface area contributed by atoms with Crippen LogP contribution >= 0.6 is 0 Å². The maximum absolute atomic E-state index is 11.2. The Kier molecular flexibility index (Phi) is 3.90. The molecule has 1 aliphatic rings. The van der Waals surface area contributed by atoms with E-state index in [9.17, 15) is 9.59 Å². The summed E-state index contributed by atoms with van der Waals surface area (Å²) >= 11 is 0. The Balaban J connectivity index is 2.20. The van der Waals surface area contributed by atoms with Crippen LogP contribution in [0, 0.1) is 0 Å². The fourth-order valence-electron chi connectivity index (χ4n) is 1.74. The maximum Gasteiger partial charge on any atom is 0.339 e. The van der Waals surface area contributed by atoms with Crippen LogP contribution < -0.4 is 10.8 Å². The van der Waals surface area contributed by atoms with E-state index < -0.39 is 18.6 Å². The van der Waals surface area contributed by atoms with Crippen molar-refractivity contribution < 1.29 is 19.5 Å². The van der Waals surface area contributed by atoms with Crippen molar-refractivity contribution in [1.82, 2.24) is 10.8 Å². The van der Waals surface area contributed by atoms with E-state index in [1.165, 1.54) is 0 Å². The molecule has 0 heterocycles. The lowest BCUT2D eigenvalue weighted by molar-refractivity contribution is -0.144. The lowest BCUT2D eigenvalue weighted by Crippen LogP contribution is -2.48. The second-order valence-corrected chi connectivity index (χ2v) is 4.01. The zero-order valence-corrected chi connectivity index (χ0v) is 8.71. The molecule has 0 spiro atoms. The van der Waals surface area contributed by atoms with Gasteiger partial charge in [-0.05, 0) is 19.8 Å². The molecule has 0 unspecified atom stereocenters. The van der Waals surface area contributed by atoms with Gasteiger partial charge < -0.3 is 10.4 Å². The number of carbonyl (C=O) groups is 2. The van der Waals surface area contributed by atoms with Gasteiger partial charge in [0, 0.05) is 5.54 Å². The van der Waals surface area contributed by atoms with Gasteiger partial charge in [0.1, 0.15) is 0 Å². The molecule has 6 nitrogen and oxygen atoms in total. The summed E-state index contributed by atoms with van der Waals surface area (Å²) in [6, 6.07) is -0.486. The molecular formula is C9H16N2O4. The molecule has 1 aliphatic carbocycles. The third kappa shape index (κ3) is 4.16. The summed E-state index contributed by atoms with van der Waals surface area (Å²) in [5, 5.41) is 11.0. The molecule has 0 aliphatic heterocycles. The highest BCUT2D eigenvalue weighted by atomic mass is 16.7. The third-order valence-corrected chi connectivity index (χ3v) is 2.48. The first kappa shape index (κ1) is 11.8. The summed E-state index contributed by atoms with van der Waals surface area (Å²) in [4.78, 5) is 25.8. The first-order valence-electron chi connectivity index (χ1n) is 4.94. The van der Waals surface area contributed by atoms with E-state index in [0.717, 1.165) is 25.7 Å². The van der Waals surface area contributed by atoms with E-state index in [4.69, 9.17) is 5.11 Å². The number of aliphatic carboxylic acids is 1. The predicted octanol–water partition coefficient (Wildman–Crippen LogP) is 0.634. The van der Waals surface area contributed by atoms with E-state index in [2.05, 4.69) is 10.2 Å². The van der Waals surface area contributed by atoms with Gasteiger partial charge in [-0.3, -0.25) is 4.84 Å². The average Bonchev–Trinajstić information content (AvgIpc) is 2.50. The summed E-state index contributed by atoms with van der Waals surface area (Å²) in [5.41, 5.74) is 1.85. The van der Waals surface area contributed by atoms with Crippen molar-refractivity contribution in [1.29, 1.82) is 0 Å². The highest BCUT2D eigenvalue weighted by Gasteiger charge is 2.30. The third-order valence-electron chi connectivity index (χ3n) is 2.48. The SMILES string of the molecule is CC1(NC(=O)NOCC(=O)O)CCCC1. The first-order valence-corrected chi connectivity index (χ1v) is 4.94. The molecule has 0 aromatic rings. The Morgan fingerprint density at radius 2 is 2.00 bits per heavy atom. The first-order chi connectivity index (χ1) is 7.02. The molecule has 15 heavy (non-hydrogen) atoms. The van der Waals surface area contributed by atoms with Gasteiger partial charge in [-0.1, -0.05) is 12.8 Å². The molecule has 0 saturated heterocycles. The fraction of sp³-hybridized carbons (Fsp3) is 0.778. The van der Waals surface area contributed by atoms with Crippen LogP contribution in [0.15, 0.2) is 0 Å². The molecule has 1 fully saturated rings. The molecule has 2 amide bonds. The van der Waals surface area contributed by atoms with Crippen LogP contribution in [0.4, 0.5) is 4.79 Å². The van der Waals surface area contributed by atoms with Crippen molar-refractivity contribution in [3.8, 4) is 0 Å². The molecule has 3 N–H and O–H groups in total. The molecule has 86 valence electrons. The number of carbonyl (C=O) groups excluding carboxylic acids is 1. The molecule has 0 aromatic carbocycles. The van der Waals surface area contributed by atoms with Crippen molar-refractivity contribution in [3.63, 3.8) is 0 Å². The van der Waals surface area contributed by atoms with Crippen molar-refractivity contribution in [3.05, 3.63) is 0 Å². The lowest BCUT2D eigenvalue weighted by atomic mass is 10.0. The van der Waals surface area contributed by atoms with Crippen molar-refractivity contribution >= 4 is 12.0 Å². The number of rotatable bonds is 4. The van der Waals surface area contributed by atoms with Crippen LogP contribution in [0.5, 0.6) is 0 Å². The lowest BCUT2D eigenvalue weighted by Gasteiger charge is -2.24. The van der Waals surface area contributed by atoms with Crippen molar-refractivity contribution in [2.75, 3.05) is 6.61 Å². The van der Waals surface area contributed by atoms with Crippen LogP contribution in [0.25, 0.3) is 0 Å². The topological polar surface area (TPSA) is 87.7 Å². The monoisotopic (exact) mass is 216 g/mol. The summed E-state index contributed by atoms with van der Waals surface area (Å²) in [5.74, 6) is -1.12. The van der Waals surface area contributed by atoms with E-state index in [1.807, 2.05) is 12.4 Å². The molecule has 6 heteroatoms. The summed E-state index contributed by atoms with van der Waals surface area (Å²) in [6.45, 7) is 1.43. The smallest absolute Gasteiger partial charge is 0.339 e. The number of carboxylic acid groups (broad SMARTS) is 1. The maximum atomic E-state index is 11.2. The molecule has 0 atom stereocenters. The second-order valence-electron chi connectivity index (χ2n) is 4.01. The Morgan fingerprint density at radius 3 is 2.53 bits per heavy atom. The minimum atomic E-state index is -1.12. The minimum Gasteiger partial charge on any atom is -0.479 e. The summed E-state index contributed by atoms with van der Waals surface area (Å²) < 4.78 is 0. The number of hydrogen-bond donors (Lipinski definition) is 3. The van der Waals surface area contributed by atoms with E-state index >= 15 is 0 Å². The zero-order chi connectivity index (χ0) is 11.3. The Hall–Kier alpha value is -1.30. The minimum absolute atomic E-state index is 0.184. The number of hydroxylamine groups is 1. The largest absolute Gasteiger partial charge is 0.479 e. The molecule has 0 radical (unpaired) electrons. The zero-order valence-electron chi connectivity index (χ0n) is 8.71. The number of hydrogen-bond acceptors (Lipinski definition) is 3. The highest BCUT2D eigenvalue weighted by molar-refractivity contribution is 5.74. The summed E-state index contributed by atoms with van der Waals surface area (Å²) in [6.07, 6.45) is 4.10. The Labute approximate surface area is 87.9 Å². The van der Waals surface area contributed by atoms with Crippen LogP contribution in [-0.4, -0.2) is 29.3 Å². The number of urea groups is 1. The predicted molar refractivity (Wildman–Crippen MR) is 52.1 cm³/mol. The van der Waals surface area contributed by atoms with Crippen molar-refractivity contribution in [2.24, 2.45) is 0 Å². The van der Waals surface area contributed by atoms with Gasteiger partial charge in [-0.2, -0.15) is 0 Å². The summed E-state index contributed by atoms with van der Waals surface area (Å²) in [7, 11) is 0. The van der Waals surface area contributed by atoms with Crippen LogP contribution in [0.2, 0.25) is 0 Å². The molecule has 0 bridgehead atoms. The van der Waals surface area contributed by atoms with E-state index in [0.29, 0.717) is 0 Å². The van der Waals surface area contributed by atoms with E-state index in [1.54, 1.807) is 0 Å². The molecule has 0 aromatic heterocycles. The average molecular weight is 216 g/mol. The van der Waals surface area contributed by atoms with Crippen LogP contribution in [0.3, 0.4) is 0 Å². The standard InChI is InChI=1S/C9H16N2O4/c1-9(4-2-3-5-9)10-8(14)11-15-6-7(12)13/h2-6H2,1H3,(H,12,13)(H2,10,11,14). The van der Waals surface area contributed by atoms with Gasteiger partial charge in [0.05, 0.1) is 0 Å². The number of nitrogens with one attached hydrogen (secondary N) is 2. The quantitative estimate of drug-likeness (QED) is 0.601. The van der Waals surface area contributed by atoms with Gasteiger partial charge in [-0.15, -0.1) is 0 Å². The number of carboxylic acids is 1. The van der Waals surface area contributed by atoms with Crippen LogP contribution in [-0.2, 0) is 9.63 Å². The second kappa shape index (κ2) is 4.97. The van der Waals surface area contributed by atoms with Crippen LogP contribution in [0.1, 0.15) is 32.6 Å². The van der Waals surface area contributed by atoms with Gasteiger partial charge in [0.2, 0.25) is 0 Å². The van der Waals surface area contributed by atoms with E-state index in [-0.39, 0.29) is 5.54 Å². The Morgan fingerprint density at radius 1 is 1.40 bits per heavy atom. The highest BCUT2D eigenvalue weighted by Crippen LogP contribution is 2.28. The Bertz CT molecular complexity index is 248. The normalized spacial score (nSPS) is 18.5. The van der Waals surface area contributed by atoms with Gasteiger partial charge in [0.25, 0.3) is 0 Å².